The van der Waals surface area contributed by atoms with Crippen molar-refractivity contribution < 1.29 is 9.13 Å². The van der Waals surface area contributed by atoms with Gasteiger partial charge in [-0.3, -0.25) is 0 Å². The summed E-state index contributed by atoms with van der Waals surface area (Å²) in [5.41, 5.74) is 2.65. The van der Waals surface area contributed by atoms with E-state index in [1.54, 1.807) is 17.7 Å². The number of rotatable bonds is 4. The van der Waals surface area contributed by atoms with Gasteiger partial charge in [0, 0.05) is 22.7 Å². The third kappa shape index (κ3) is 2.89. The van der Waals surface area contributed by atoms with Crippen LogP contribution in [0.25, 0.3) is 5.78 Å². The number of nitrogens with zero attached hydrogens (tertiary/aromatic N) is 4. The maximum Gasteiger partial charge on any atom is 0.253 e. The molecule has 1 aromatic carbocycles. The molecule has 0 aliphatic heterocycles. The number of benzene rings is 1. The number of thioether (sulfide) groups is 1. The molecule has 0 fully saturated rings. The van der Waals surface area contributed by atoms with E-state index in [4.69, 9.17) is 4.74 Å². The van der Waals surface area contributed by atoms with Crippen LogP contribution in [0.4, 0.5) is 4.39 Å². The molecule has 2 heterocycles. The molecule has 5 nitrogen and oxygen atoms in total. The topological polar surface area (TPSA) is 52.3 Å². The van der Waals surface area contributed by atoms with Crippen molar-refractivity contribution in [3.05, 3.63) is 47.0 Å². The highest BCUT2D eigenvalue weighted by Crippen LogP contribution is 2.27. The van der Waals surface area contributed by atoms with Gasteiger partial charge in [-0.25, -0.2) is 13.9 Å². The van der Waals surface area contributed by atoms with Crippen molar-refractivity contribution in [1.29, 1.82) is 0 Å². The molecule has 22 heavy (non-hydrogen) atoms. The molecule has 3 aromatic rings. The zero-order valence-corrected chi connectivity index (χ0v) is 13.3. The Bertz CT molecular complexity index is 834. The van der Waals surface area contributed by atoms with E-state index in [1.165, 1.54) is 23.9 Å². The Kier molecular flexibility index (Phi) is 3.98. The molecule has 0 aliphatic rings. The van der Waals surface area contributed by atoms with E-state index in [2.05, 4.69) is 15.1 Å². The van der Waals surface area contributed by atoms with E-state index < -0.39 is 0 Å². The van der Waals surface area contributed by atoms with Gasteiger partial charge in [0.2, 0.25) is 5.16 Å². The van der Waals surface area contributed by atoms with Crippen molar-refractivity contribution in [2.45, 2.75) is 24.8 Å². The quantitative estimate of drug-likeness (QED) is 0.692. The Morgan fingerprint density at radius 3 is 2.82 bits per heavy atom. The van der Waals surface area contributed by atoms with E-state index in [-0.39, 0.29) is 5.82 Å². The van der Waals surface area contributed by atoms with Crippen molar-refractivity contribution in [2.75, 3.05) is 7.11 Å². The van der Waals surface area contributed by atoms with Gasteiger partial charge in [-0.15, -0.1) is 5.10 Å². The molecular weight excluding hydrogens is 303 g/mol. The van der Waals surface area contributed by atoms with Crippen LogP contribution >= 0.6 is 11.8 Å². The Morgan fingerprint density at radius 2 is 2.05 bits per heavy atom. The zero-order valence-electron chi connectivity index (χ0n) is 12.5. The monoisotopic (exact) mass is 318 g/mol. The number of fused-ring (bicyclic) bond motifs is 1. The number of hydrogen-bond acceptors (Lipinski definition) is 5. The number of ether oxygens (including phenoxy) is 1. The molecule has 3 rings (SSSR count). The van der Waals surface area contributed by atoms with Crippen molar-refractivity contribution >= 4 is 17.5 Å². The van der Waals surface area contributed by atoms with Gasteiger partial charge in [0.25, 0.3) is 5.78 Å². The molecule has 0 amide bonds. The first-order valence-corrected chi connectivity index (χ1v) is 7.71. The molecule has 0 saturated carbocycles. The molecule has 0 spiro atoms. The first-order chi connectivity index (χ1) is 10.6. The summed E-state index contributed by atoms with van der Waals surface area (Å²) in [7, 11) is 1.57. The van der Waals surface area contributed by atoms with Gasteiger partial charge in [-0.1, -0.05) is 11.8 Å². The maximum atomic E-state index is 13.4. The highest BCUT2D eigenvalue weighted by Gasteiger charge is 2.11. The molecule has 7 heteroatoms. The molecule has 0 aliphatic carbocycles. The first kappa shape index (κ1) is 14.8. The first-order valence-electron chi connectivity index (χ1n) is 6.73. The SMILES string of the molecule is COc1ccc(F)cc1CSc1nc2nc(C)cc(C)n2n1. The average molecular weight is 318 g/mol. The molecule has 0 unspecified atom stereocenters. The average Bonchev–Trinajstić information content (AvgIpc) is 2.88. The number of aromatic nitrogens is 4. The minimum absolute atomic E-state index is 0.285. The second kappa shape index (κ2) is 5.92. The van der Waals surface area contributed by atoms with Gasteiger partial charge in [-0.2, -0.15) is 4.98 Å². The molecule has 0 bridgehead atoms. The smallest absolute Gasteiger partial charge is 0.253 e. The molecule has 0 saturated heterocycles. The van der Waals surface area contributed by atoms with Crippen LogP contribution in [-0.4, -0.2) is 26.7 Å². The lowest BCUT2D eigenvalue weighted by atomic mass is 10.2. The summed E-state index contributed by atoms with van der Waals surface area (Å²) in [6.45, 7) is 3.88. The number of aryl methyl sites for hydroxylation is 2. The van der Waals surface area contributed by atoms with Crippen molar-refractivity contribution in [3.8, 4) is 5.75 Å². The zero-order chi connectivity index (χ0) is 15.7. The fourth-order valence-corrected chi connectivity index (χ4v) is 3.01. The van der Waals surface area contributed by atoms with Crippen LogP contribution in [0.5, 0.6) is 5.75 Å². The lowest BCUT2D eigenvalue weighted by Gasteiger charge is -2.06. The third-order valence-electron chi connectivity index (χ3n) is 3.20. The highest BCUT2D eigenvalue weighted by atomic mass is 32.2. The van der Waals surface area contributed by atoms with Crippen molar-refractivity contribution in [3.63, 3.8) is 0 Å². The second-order valence-electron chi connectivity index (χ2n) is 4.89. The third-order valence-corrected chi connectivity index (χ3v) is 4.08. The van der Waals surface area contributed by atoms with Gasteiger partial charge in [0.15, 0.2) is 0 Å². The lowest BCUT2D eigenvalue weighted by molar-refractivity contribution is 0.410. The summed E-state index contributed by atoms with van der Waals surface area (Å²) in [5.74, 6) is 1.47. The molecule has 0 radical (unpaired) electrons. The van der Waals surface area contributed by atoms with Gasteiger partial charge in [-0.05, 0) is 38.1 Å². The standard InChI is InChI=1S/C15H15FN4OS/c1-9-6-10(2)20-14(17-9)18-15(19-20)22-8-11-7-12(16)4-5-13(11)21-3/h4-7H,8H2,1-3H3. The van der Waals surface area contributed by atoms with E-state index in [1.807, 2.05) is 19.9 Å². The fraction of sp³-hybridized carbons (Fsp3) is 0.267. The van der Waals surface area contributed by atoms with E-state index in [9.17, 15) is 4.39 Å². The normalized spacial score (nSPS) is 11.1. The lowest BCUT2D eigenvalue weighted by Crippen LogP contribution is -1.97. The van der Waals surface area contributed by atoms with Crippen LogP contribution in [0.2, 0.25) is 0 Å². The van der Waals surface area contributed by atoms with Crippen LogP contribution in [-0.2, 0) is 5.75 Å². The van der Waals surface area contributed by atoms with E-state index in [0.717, 1.165) is 17.0 Å². The van der Waals surface area contributed by atoms with E-state index >= 15 is 0 Å². The van der Waals surface area contributed by atoms with Crippen LogP contribution in [0.3, 0.4) is 0 Å². The molecule has 2 aromatic heterocycles. The Hall–Kier alpha value is -2.15. The van der Waals surface area contributed by atoms with Crippen LogP contribution in [0.15, 0.2) is 29.4 Å². The van der Waals surface area contributed by atoms with Gasteiger partial charge >= 0.3 is 0 Å². The molecule has 0 atom stereocenters. The summed E-state index contributed by atoms with van der Waals surface area (Å²) in [4.78, 5) is 8.75. The number of halogens is 1. The Balaban J connectivity index is 1.85. The number of methoxy groups -OCH3 is 1. The molecular formula is C15H15FN4OS. The highest BCUT2D eigenvalue weighted by molar-refractivity contribution is 7.98. The van der Waals surface area contributed by atoms with Crippen LogP contribution in [0.1, 0.15) is 17.0 Å². The minimum Gasteiger partial charge on any atom is -0.496 e. The van der Waals surface area contributed by atoms with Crippen molar-refractivity contribution in [2.24, 2.45) is 0 Å². The summed E-state index contributed by atoms with van der Waals surface area (Å²) in [6.07, 6.45) is 0. The fourth-order valence-electron chi connectivity index (χ4n) is 2.21. The molecule has 114 valence electrons. The van der Waals surface area contributed by atoms with Crippen LogP contribution < -0.4 is 4.74 Å². The molecule has 0 N–H and O–H groups in total. The summed E-state index contributed by atoms with van der Waals surface area (Å²) in [5, 5.41) is 5.02. The van der Waals surface area contributed by atoms with Crippen LogP contribution in [0, 0.1) is 19.7 Å². The Morgan fingerprint density at radius 1 is 1.23 bits per heavy atom. The number of hydrogen-bond donors (Lipinski definition) is 0. The summed E-state index contributed by atoms with van der Waals surface area (Å²) in [6, 6.07) is 6.42. The van der Waals surface area contributed by atoms with E-state index in [0.29, 0.717) is 22.4 Å². The maximum absolute atomic E-state index is 13.4. The largest absolute Gasteiger partial charge is 0.496 e. The van der Waals surface area contributed by atoms with Gasteiger partial charge < -0.3 is 4.74 Å². The predicted octanol–water partition coefficient (Wildman–Crippen LogP) is 3.18. The van der Waals surface area contributed by atoms with Gasteiger partial charge in [0.1, 0.15) is 11.6 Å². The predicted molar refractivity (Wildman–Crippen MR) is 82.8 cm³/mol. The minimum atomic E-state index is -0.285. The summed E-state index contributed by atoms with van der Waals surface area (Å²) >= 11 is 1.42. The van der Waals surface area contributed by atoms with Crippen molar-refractivity contribution in [1.82, 2.24) is 19.6 Å². The summed E-state index contributed by atoms with van der Waals surface area (Å²) < 4.78 is 20.3. The Labute approximate surface area is 131 Å². The second-order valence-corrected chi connectivity index (χ2v) is 5.83. The van der Waals surface area contributed by atoms with Gasteiger partial charge in [0.05, 0.1) is 7.11 Å².